The van der Waals surface area contributed by atoms with Crippen LogP contribution in [0, 0.1) is 17.8 Å². The monoisotopic (exact) mass is 500 g/mol. The van der Waals surface area contributed by atoms with Gasteiger partial charge in [-0.15, -0.1) is 0 Å². The number of phenols is 1. The Kier molecular flexibility index (Phi) is 5.76. The number of hydrogen-bond donors (Lipinski definition) is 5. The standard InChI is InChI=1S/C25H28N2O9/c1-8-10-6-7-11(24(34)36-5)18(28)13(10)19(29)14-12(8)9(2)16-17(27(3)4)20(30)15(23(26)33)22(32)25(16,35)21(14)31/h6-9,12,16-17,28,30-31,35H,1-5H3,(H2,26,33)/t8-,9+,12?,16?,17+,25?/m0/s1. The molecule has 6 N–H and O–H groups in total. The number of Topliss-reactive ketones (excluding diaryl/α,β-unsaturated/α-hetero) is 2. The minimum absolute atomic E-state index is 0.251. The molecular formula is C25H28N2O9. The van der Waals surface area contributed by atoms with Crippen LogP contribution in [0.4, 0.5) is 0 Å². The molecule has 0 heterocycles. The molecule has 0 saturated carbocycles. The fourth-order valence-corrected chi connectivity index (χ4v) is 6.38. The Labute approximate surface area is 206 Å². The summed E-state index contributed by atoms with van der Waals surface area (Å²) < 4.78 is 4.66. The fourth-order valence-electron chi connectivity index (χ4n) is 6.38. The number of methoxy groups -OCH3 is 1. The van der Waals surface area contributed by atoms with Gasteiger partial charge in [-0.1, -0.05) is 19.9 Å². The van der Waals surface area contributed by atoms with Crippen molar-refractivity contribution < 1.29 is 44.3 Å². The van der Waals surface area contributed by atoms with E-state index in [-0.39, 0.29) is 16.7 Å². The van der Waals surface area contributed by atoms with E-state index < -0.39 is 81.6 Å². The highest BCUT2D eigenvalue weighted by Crippen LogP contribution is 2.57. The molecule has 0 aliphatic heterocycles. The second-order valence-corrected chi connectivity index (χ2v) is 9.84. The van der Waals surface area contributed by atoms with Crippen molar-refractivity contribution in [2.24, 2.45) is 23.5 Å². The highest BCUT2D eigenvalue weighted by Gasteiger charge is 2.66. The maximum absolute atomic E-state index is 13.7. The number of likely N-dealkylation sites (N-methyl/N-ethyl adjacent to an activating group) is 1. The van der Waals surface area contributed by atoms with Crippen LogP contribution in [0.1, 0.15) is 46.0 Å². The maximum Gasteiger partial charge on any atom is 0.341 e. The number of aromatic hydroxyl groups is 1. The molecular weight excluding hydrogens is 472 g/mol. The van der Waals surface area contributed by atoms with E-state index in [2.05, 4.69) is 4.74 Å². The molecule has 1 amide bonds. The smallest absolute Gasteiger partial charge is 0.341 e. The SMILES string of the molecule is COC(=O)c1ccc2c(c1O)C(=O)C1=C(O)C3(O)C(=O)C(C(N)=O)=C(O)[C@H](N(C)C)C3[C@H](C)C1[C@H]2C. The number of rotatable bonds is 3. The Hall–Kier alpha value is -3.70. The molecule has 0 aromatic heterocycles. The molecule has 0 fully saturated rings. The summed E-state index contributed by atoms with van der Waals surface area (Å²) in [6.45, 7) is 3.43. The summed E-state index contributed by atoms with van der Waals surface area (Å²) in [5, 5.41) is 44.9. The summed E-state index contributed by atoms with van der Waals surface area (Å²) in [6, 6.07) is 1.76. The average Bonchev–Trinajstić information content (AvgIpc) is 2.80. The Morgan fingerprint density at radius 2 is 1.72 bits per heavy atom. The van der Waals surface area contributed by atoms with E-state index in [0.717, 1.165) is 7.11 Å². The molecule has 3 aliphatic rings. The van der Waals surface area contributed by atoms with Crippen LogP contribution in [-0.2, 0) is 14.3 Å². The largest absolute Gasteiger partial charge is 0.510 e. The number of ketones is 2. The van der Waals surface area contributed by atoms with Gasteiger partial charge in [-0.2, -0.15) is 0 Å². The van der Waals surface area contributed by atoms with E-state index in [9.17, 15) is 39.6 Å². The van der Waals surface area contributed by atoms with Crippen LogP contribution < -0.4 is 5.73 Å². The minimum Gasteiger partial charge on any atom is -0.510 e. The van der Waals surface area contributed by atoms with E-state index in [0.29, 0.717) is 5.56 Å². The van der Waals surface area contributed by atoms with Gasteiger partial charge in [0.15, 0.2) is 11.4 Å². The van der Waals surface area contributed by atoms with Gasteiger partial charge in [-0.05, 0) is 37.6 Å². The molecule has 0 radical (unpaired) electrons. The third kappa shape index (κ3) is 2.99. The first kappa shape index (κ1) is 25.4. The normalized spacial score (nSPS) is 31.7. The zero-order valence-electron chi connectivity index (χ0n) is 20.4. The first-order chi connectivity index (χ1) is 16.7. The number of hydrogen-bond acceptors (Lipinski definition) is 10. The summed E-state index contributed by atoms with van der Waals surface area (Å²) in [6.07, 6.45) is 0. The van der Waals surface area contributed by atoms with E-state index in [1.54, 1.807) is 27.9 Å². The first-order valence-electron chi connectivity index (χ1n) is 11.3. The number of amides is 1. The second-order valence-electron chi connectivity index (χ2n) is 9.84. The third-order valence-corrected chi connectivity index (χ3v) is 7.93. The molecule has 4 rings (SSSR count). The lowest BCUT2D eigenvalue weighted by Crippen LogP contribution is -2.66. The molecule has 0 bridgehead atoms. The summed E-state index contributed by atoms with van der Waals surface area (Å²) in [5.41, 5.74) is 1.31. The van der Waals surface area contributed by atoms with Crippen LogP contribution in [0.2, 0.25) is 0 Å². The van der Waals surface area contributed by atoms with Gasteiger partial charge in [-0.3, -0.25) is 19.3 Å². The van der Waals surface area contributed by atoms with Crippen LogP contribution in [-0.4, -0.2) is 81.6 Å². The zero-order chi connectivity index (χ0) is 27.0. The summed E-state index contributed by atoms with van der Waals surface area (Å²) in [5.74, 6) is -9.70. The number of primary amides is 1. The predicted octanol–water partition coefficient (Wildman–Crippen LogP) is 0.714. The van der Waals surface area contributed by atoms with Gasteiger partial charge < -0.3 is 30.9 Å². The van der Waals surface area contributed by atoms with Crippen LogP contribution in [0.3, 0.4) is 0 Å². The molecule has 11 nitrogen and oxygen atoms in total. The fraction of sp³-hybridized carbons (Fsp3) is 0.440. The number of aliphatic hydroxyl groups excluding tert-OH is 2. The Bertz CT molecular complexity index is 1290. The van der Waals surface area contributed by atoms with E-state index in [1.165, 1.54) is 17.0 Å². The van der Waals surface area contributed by atoms with Crippen molar-refractivity contribution in [3.63, 3.8) is 0 Å². The maximum atomic E-state index is 13.7. The van der Waals surface area contributed by atoms with Gasteiger partial charge in [0.05, 0.1) is 18.7 Å². The number of nitrogens with two attached hydrogens (primary N) is 1. The minimum atomic E-state index is -2.75. The van der Waals surface area contributed by atoms with E-state index in [1.807, 2.05) is 0 Å². The highest BCUT2D eigenvalue weighted by molar-refractivity contribution is 6.25. The van der Waals surface area contributed by atoms with Crippen molar-refractivity contribution >= 4 is 23.4 Å². The summed E-state index contributed by atoms with van der Waals surface area (Å²) in [7, 11) is 4.25. The number of allylic oxidation sites excluding steroid dienone is 1. The van der Waals surface area contributed by atoms with Crippen LogP contribution in [0.15, 0.2) is 34.8 Å². The topological polar surface area (TPSA) is 188 Å². The number of benzene rings is 1. The Morgan fingerprint density at radius 1 is 1.11 bits per heavy atom. The summed E-state index contributed by atoms with van der Waals surface area (Å²) in [4.78, 5) is 52.8. The van der Waals surface area contributed by atoms with Gasteiger partial charge >= 0.3 is 5.97 Å². The van der Waals surface area contributed by atoms with Gasteiger partial charge in [0.2, 0.25) is 5.78 Å². The number of nitrogens with zero attached hydrogens (tertiary/aromatic N) is 1. The molecule has 0 saturated heterocycles. The number of aliphatic hydroxyl groups is 3. The number of carbonyl (C=O) groups excluding carboxylic acids is 4. The number of carbonyl (C=O) groups is 4. The van der Waals surface area contributed by atoms with Gasteiger partial charge in [0, 0.05) is 17.4 Å². The molecule has 36 heavy (non-hydrogen) atoms. The van der Waals surface area contributed by atoms with Gasteiger partial charge in [-0.25, -0.2) is 4.79 Å². The van der Waals surface area contributed by atoms with E-state index >= 15 is 0 Å². The van der Waals surface area contributed by atoms with Crippen LogP contribution in [0.5, 0.6) is 5.75 Å². The van der Waals surface area contributed by atoms with Crippen molar-refractivity contribution in [1.82, 2.24) is 4.90 Å². The molecule has 192 valence electrons. The average molecular weight is 501 g/mol. The molecule has 11 heteroatoms. The quantitative estimate of drug-likeness (QED) is 0.292. The zero-order valence-corrected chi connectivity index (χ0v) is 20.4. The molecule has 6 atom stereocenters. The van der Waals surface area contributed by atoms with Crippen molar-refractivity contribution in [2.75, 3.05) is 21.2 Å². The molecule has 0 spiro atoms. The lowest BCUT2D eigenvalue weighted by atomic mass is 9.52. The highest BCUT2D eigenvalue weighted by atomic mass is 16.5. The van der Waals surface area contributed by atoms with Crippen LogP contribution in [0.25, 0.3) is 0 Å². The molecule has 3 unspecified atom stereocenters. The Balaban J connectivity index is 2.04. The molecule has 1 aromatic rings. The molecule has 3 aliphatic carbocycles. The number of esters is 1. The number of phenolic OH excluding ortho intramolecular Hbond substituents is 1. The second kappa shape index (κ2) is 8.17. The van der Waals surface area contributed by atoms with Gasteiger partial charge in [0.1, 0.15) is 28.4 Å². The van der Waals surface area contributed by atoms with Crippen molar-refractivity contribution in [3.05, 3.63) is 51.5 Å². The van der Waals surface area contributed by atoms with Crippen molar-refractivity contribution in [3.8, 4) is 5.75 Å². The lowest BCUT2D eigenvalue weighted by Gasteiger charge is -2.54. The lowest BCUT2D eigenvalue weighted by molar-refractivity contribution is -0.153. The summed E-state index contributed by atoms with van der Waals surface area (Å²) >= 11 is 0. The Morgan fingerprint density at radius 3 is 2.25 bits per heavy atom. The van der Waals surface area contributed by atoms with E-state index in [4.69, 9.17) is 5.73 Å². The molecule has 1 aromatic carbocycles. The predicted molar refractivity (Wildman–Crippen MR) is 124 cm³/mol. The van der Waals surface area contributed by atoms with Crippen LogP contribution >= 0.6 is 0 Å². The van der Waals surface area contributed by atoms with Crippen molar-refractivity contribution in [2.45, 2.75) is 31.4 Å². The van der Waals surface area contributed by atoms with Gasteiger partial charge in [0.25, 0.3) is 5.91 Å². The third-order valence-electron chi connectivity index (χ3n) is 7.93. The number of fused-ring (bicyclic) bond motifs is 3. The van der Waals surface area contributed by atoms with Crippen molar-refractivity contribution in [1.29, 1.82) is 0 Å². The number of ether oxygens (including phenoxy) is 1. The first-order valence-corrected chi connectivity index (χ1v) is 11.3.